The highest BCUT2D eigenvalue weighted by Crippen LogP contribution is 2.29. The normalized spacial score (nSPS) is 16.1. The Bertz CT molecular complexity index is 524. The Morgan fingerprint density at radius 3 is 2.55 bits per heavy atom. The van der Waals surface area contributed by atoms with Crippen LogP contribution in [0.3, 0.4) is 0 Å². The Balaban J connectivity index is 2.12. The van der Waals surface area contributed by atoms with Gasteiger partial charge in [0.2, 0.25) is 0 Å². The number of aliphatic carboxylic acids is 1. The molecule has 1 aliphatic heterocycles. The summed E-state index contributed by atoms with van der Waals surface area (Å²) >= 11 is 0. The fourth-order valence-corrected chi connectivity index (χ4v) is 2.38. The Hall–Kier alpha value is -2.15. The van der Waals surface area contributed by atoms with Crippen molar-refractivity contribution in [3.05, 3.63) is 33.9 Å². The van der Waals surface area contributed by atoms with E-state index in [9.17, 15) is 14.9 Å². The minimum absolute atomic E-state index is 0.0176. The van der Waals surface area contributed by atoms with Crippen LogP contribution in [0.1, 0.15) is 5.56 Å². The molecule has 1 N–H and O–H groups in total. The molecule has 1 aromatic carbocycles. The highest BCUT2D eigenvalue weighted by atomic mass is 16.6. The van der Waals surface area contributed by atoms with Gasteiger partial charge in [0, 0.05) is 32.2 Å². The largest absolute Gasteiger partial charge is 0.480 e. The van der Waals surface area contributed by atoms with Crippen molar-refractivity contribution < 1.29 is 14.8 Å². The zero-order valence-corrected chi connectivity index (χ0v) is 11.3. The molecule has 1 saturated heterocycles. The minimum Gasteiger partial charge on any atom is -0.480 e. The van der Waals surface area contributed by atoms with Crippen LogP contribution in [0.4, 0.5) is 11.4 Å². The van der Waals surface area contributed by atoms with Crippen LogP contribution in [-0.4, -0.2) is 53.6 Å². The lowest BCUT2D eigenvalue weighted by Crippen LogP contribution is -2.48. The second-order valence-corrected chi connectivity index (χ2v) is 4.91. The van der Waals surface area contributed by atoms with Crippen LogP contribution in [0, 0.1) is 17.0 Å². The molecule has 0 bridgehead atoms. The maximum atomic E-state index is 11.1. The van der Waals surface area contributed by atoms with Gasteiger partial charge in [-0.25, -0.2) is 0 Å². The zero-order valence-electron chi connectivity index (χ0n) is 11.3. The SMILES string of the molecule is Cc1ccc([N+](=O)[O-])c(N2CCN(CC(=O)O)CC2)c1. The van der Waals surface area contributed by atoms with Gasteiger partial charge in [-0.3, -0.25) is 19.8 Å². The molecule has 0 amide bonds. The maximum absolute atomic E-state index is 11.1. The minimum atomic E-state index is -0.847. The number of hydrogen-bond acceptors (Lipinski definition) is 5. The fourth-order valence-electron chi connectivity index (χ4n) is 2.38. The van der Waals surface area contributed by atoms with Gasteiger partial charge in [-0.05, 0) is 18.6 Å². The van der Waals surface area contributed by atoms with Gasteiger partial charge in [-0.2, -0.15) is 0 Å². The maximum Gasteiger partial charge on any atom is 0.317 e. The Morgan fingerprint density at radius 2 is 2.00 bits per heavy atom. The number of hydrogen-bond donors (Lipinski definition) is 1. The van der Waals surface area contributed by atoms with Crippen LogP contribution in [-0.2, 0) is 4.79 Å². The van der Waals surface area contributed by atoms with Gasteiger partial charge < -0.3 is 10.0 Å². The lowest BCUT2D eigenvalue weighted by atomic mass is 10.1. The number of aryl methyl sites for hydroxylation is 1. The summed E-state index contributed by atoms with van der Waals surface area (Å²) in [5.74, 6) is -0.847. The molecule has 1 aliphatic rings. The number of benzene rings is 1. The van der Waals surface area contributed by atoms with Gasteiger partial charge >= 0.3 is 5.97 Å². The summed E-state index contributed by atoms with van der Waals surface area (Å²) in [4.78, 5) is 25.1. The highest BCUT2D eigenvalue weighted by Gasteiger charge is 2.24. The van der Waals surface area contributed by atoms with Crippen LogP contribution in [0.5, 0.6) is 0 Å². The van der Waals surface area contributed by atoms with E-state index in [0.717, 1.165) is 5.56 Å². The van der Waals surface area contributed by atoms with Crippen molar-refractivity contribution in [1.29, 1.82) is 0 Å². The van der Waals surface area contributed by atoms with Gasteiger partial charge in [0.15, 0.2) is 0 Å². The molecule has 0 aliphatic carbocycles. The molecular formula is C13H17N3O4. The van der Waals surface area contributed by atoms with E-state index in [0.29, 0.717) is 31.9 Å². The van der Waals surface area contributed by atoms with Crippen molar-refractivity contribution in [1.82, 2.24) is 4.90 Å². The van der Waals surface area contributed by atoms with Crippen molar-refractivity contribution in [2.75, 3.05) is 37.6 Å². The lowest BCUT2D eigenvalue weighted by molar-refractivity contribution is -0.384. The summed E-state index contributed by atoms with van der Waals surface area (Å²) in [6, 6.07) is 5.06. The number of rotatable bonds is 4. The Morgan fingerprint density at radius 1 is 1.35 bits per heavy atom. The molecule has 0 aromatic heterocycles. The third kappa shape index (κ3) is 3.24. The number of nitro groups is 1. The van der Waals surface area contributed by atoms with Crippen molar-refractivity contribution in [2.45, 2.75) is 6.92 Å². The fraction of sp³-hybridized carbons (Fsp3) is 0.462. The molecule has 0 spiro atoms. The van der Waals surface area contributed by atoms with Crippen LogP contribution < -0.4 is 4.90 Å². The molecular weight excluding hydrogens is 262 g/mol. The molecule has 0 atom stereocenters. The summed E-state index contributed by atoms with van der Waals surface area (Å²) in [6.45, 7) is 4.29. The number of carbonyl (C=O) groups is 1. The van der Waals surface area contributed by atoms with Crippen molar-refractivity contribution in [3.63, 3.8) is 0 Å². The van der Waals surface area contributed by atoms with E-state index in [1.807, 2.05) is 22.8 Å². The number of piperazine rings is 1. The quantitative estimate of drug-likeness (QED) is 0.656. The van der Waals surface area contributed by atoms with Crippen LogP contribution in [0.15, 0.2) is 18.2 Å². The van der Waals surface area contributed by atoms with Gasteiger partial charge in [0.1, 0.15) is 5.69 Å². The van der Waals surface area contributed by atoms with Crippen molar-refractivity contribution >= 4 is 17.3 Å². The molecule has 20 heavy (non-hydrogen) atoms. The zero-order chi connectivity index (χ0) is 14.7. The van der Waals surface area contributed by atoms with Gasteiger partial charge in [-0.15, -0.1) is 0 Å². The van der Waals surface area contributed by atoms with Gasteiger partial charge in [-0.1, -0.05) is 6.07 Å². The summed E-state index contributed by atoms with van der Waals surface area (Å²) in [6.07, 6.45) is 0. The standard InChI is InChI=1S/C13H17N3O4/c1-10-2-3-11(16(19)20)12(8-10)15-6-4-14(5-7-15)9-13(17)18/h2-3,8H,4-7,9H2,1H3,(H,17,18). The average molecular weight is 279 g/mol. The average Bonchev–Trinajstić information content (AvgIpc) is 2.38. The molecule has 2 rings (SSSR count). The number of anilines is 1. The van der Waals surface area contributed by atoms with Gasteiger partial charge in [0.25, 0.3) is 5.69 Å². The lowest BCUT2D eigenvalue weighted by Gasteiger charge is -2.35. The molecule has 108 valence electrons. The number of nitrogens with zero attached hydrogens (tertiary/aromatic N) is 3. The third-order valence-corrected chi connectivity index (χ3v) is 3.40. The first-order valence-electron chi connectivity index (χ1n) is 6.41. The first-order chi connectivity index (χ1) is 9.47. The second kappa shape index (κ2) is 5.87. The van der Waals surface area contributed by atoms with E-state index < -0.39 is 5.97 Å². The van der Waals surface area contributed by atoms with E-state index in [4.69, 9.17) is 5.11 Å². The first kappa shape index (κ1) is 14.3. The first-order valence-corrected chi connectivity index (χ1v) is 6.41. The molecule has 7 nitrogen and oxygen atoms in total. The Kier molecular flexibility index (Phi) is 4.19. The number of carboxylic acid groups (broad SMARTS) is 1. The number of nitro benzene ring substituents is 1. The monoisotopic (exact) mass is 279 g/mol. The molecule has 1 fully saturated rings. The summed E-state index contributed by atoms with van der Waals surface area (Å²) in [5, 5.41) is 19.8. The van der Waals surface area contributed by atoms with E-state index in [1.54, 1.807) is 6.07 Å². The molecule has 0 radical (unpaired) electrons. The van der Waals surface area contributed by atoms with Crippen LogP contribution in [0.2, 0.25) is 0 Å². The van der Waals surface area contributed by atoms with Crippen molar-refractivity contribution in [2.24, 2.45) is 0 Å². The third-order valence-electron chi connectivity index (χ3n) is 3.40. The van der Waals surface area contributed by atoms with Crippen LogP contribution in [0.25, 0.3) is 0 Å². The second-order valence-electron chi connectivity index (χ2n) is 4.91. The predicted molar refractivity (Wildman–Crippen MR) is 74.1 cm³/mol. The topological polar surface area (TPSA) is 86.9 Å². The Labute approximate surface area is 116 Å². The van der Waals surface area contributed by atoms with Crippen molar-refractivity contribution in [3.8, 4) is 0 Å². The van der Waals surface area contributed by atoms with Gasteiger partial charge in [0.05, 0.1) is 11.5 Å². The summed E-state index contributed by atoms with van der Waals surface area (Å²) < 4.78 is 0. The van der Waals surface area contributed by atoms with E-state index in [2.05, 4.69) is 0 Å². The highest BCUT2D eigenvalue weighted by molar-refractivity contribution is 5.69. The van der Waals surface area contributed by atoms with E-state index in [1.165, 1.54) is 6.07 Å². The summed E-state index contributed by atoms with van der Waals surface area (Å²) in [7, 11) is 0. The number of carboxylic acids is 1. The molecule has 0 saturated carbocycles. The molecule has 0 unspecified atom stereocenters. The predicted octanol–water partition coefficient (Wildman–Crippen LogP) is 1.11. The van der Waals surface area contributed by atoms with Crippen LogP contribution >= 0.6 is 0 Å². The molecule has 1 heterocycles. The molecule has 7 heteroatoms. The van der Waals surface area contributed by atoms with E-state index >= 15 is 0 Å². The van der Waals surface area contributed by atoms with E-state index in [-0.39, 0.29) is 17.2 Å². The molecule has 1 aromatic rings. The summed E-state index contributed by atoms with van der Waals surface area (Å²) in [5.41, 5.74) is 1.69. The smallest absolute Gasteiger partial charge is 0.317 e.